The maximum Gasteiger partial charge on any atom is 0.137 e. The predicted molar refractivity (Wildman–Crippen MR) is 97.3 cm³/mol. The monoisotopic (exact) mass is 338 g/mol. The molecule has 2 fully saturated rings. The van der Waals surface area contributed by atoms with Gasteiger partial charge in [-0.2, -0.15) is 0 Å². The minimum absolute atomic E-state index is 0.418. The summed E-state index contributed by atoms with van der Waals surface area (Å²) in [6, 6.07) is 15.3. The molecule has 1 N–H and O–H groups in total. The van der Waals surface area contributed by atoms with Gasteiger partial charge in [-0.3, -0.25) is 9.88 Å². The second-order valence-electron chi connectivity index (χ2n) is 7.42. The summed E-state index contributed by atoms with van der Waals surface area (Å²) in [5.74, 6) is 0.731. The van der Waals surface area contributed by atoms with Crippen LogP contribution >= 0.6 is 0 Å². The van der Waals surface area contributed by atoms with Crippen molar-refractivity contribution in [2.45, 2.75) is 56.3 Å². The van der Waals surface area contributed by atoms with Crippen molar-refractivity contribution < 1.29 is 9.84 Å². The van der Waals surface area contributed by atoms with Gasteiger partial charge in [0.05, 0.1) is 19.0 Å². The molecule has 2 atom stereocenters. The molecular weight excluding hydrogens is 312 g/mol. The molecule has 25 heavy (non-hydrogen) atoms. The lowest BCUT2D eigenvalue weighted by Crippen LogP contribution is -2.56. The van der Waals surface area contributed by atoms with Crippen molar-refractivity contribution in [3.05, 3.63) is 59.9 Å². The third-order valence-electron chi connectivity index (χ3n) is 5.82. The number of aliphatic hydroxyl groups is 1. The number of benzene rings is 1. The first-order valence-electron chi connectivity index (χ1n) is 9.20. The van der Waals surface area contributed by atoms with Gasteiger partial charge in [0.2, 0.25) is 0 Å². The van der Waals surface area contributed by atoms with Crippen LogP contribution in [0.15, 0.2) is 48.7 Å². The van der Waals surface area contributed by atoms with E-state index in [-0.39, 0.29) is 0 Å². The Kier molecular flexibility index (Phi) is 4.48. The van der Waals surface area contributed by atoms with Crippen molar-refractivity contribution in [2.75, 3.05) is 7.11 Å². The summed E-state index contributed by atoms with van der Waals surface area (Å²) >= 11 is 0. The Bertz CT molecular complexity index is 688. The Morgan fingerprint density at radius 3 is 2.44 bits per heavy atom. The van der Waals surface area contributed by atoms with Crippen molar-refractivity contribution in [1.82, 2.24) is 9.88 Å². The van der Waals surface area contributed by atoms with Gasteiger partial charge in [-0.25, -0.2) is 0 Å². The number of piperidine rings is 2. The molecule has 132 valence electrons. The molecule has 2 unspecified atom stereocenters. The fraction of sp³-hybridized carbons (Fsp3) is 0.476. The molecule has 4 heteroatoms. The molecular formula is C21H26N2O2. The minimum Gasteiger partial charge on any atom is -0.495 e. The van der Waals surface area contributed by atoms with E-state index in [4.69, 9.17) is 4.74 Å². The topological polar surface area (TPSA) is 45.6 Å². The second kappa shape index (κ2) is 6.77. The predicted octanol–water partition coefficient (Wildman–Crippen LogP) is 3.49. The molecule has 0 spiro atoms. The van der Waals surface area contributed by atoms with Gasteiger partial charge in [0.15, 0.2) is 0 Å². The number of fused-ring (bicyclic) bond motifs is 2. The Hall–Kier alpha value is -1.91. The molecule has 1 aromatic carbocycles. The lowest BCUT2D eigenvalue weighted by atomic mass is 9.74. The van der Waals surface area contributed by atoms with Crippen molar-refractivity contribution in [2.24, 2.45) is 0 Å². The second-order valence-corrected chi connectivity index (χ2v) is 7.42. The number of pyridine rings is 1. The highest BCUT2D eigenvalue weighted by molar-refractivity contribution is 5.25. The molecule has 2 aliphatic rings. The zero-order valence-corrected chi connectivity index (χ0v) is 14.8. The summed E-state index contributed by atoms with van der Waals surface area (Å²) in [6.45, 7) is 0.974. The fourth-order valence-corrected chi connectivity index (χ4v) is 4.56. The quantitative estimate of drug-likeness (QED) is 0.927. The van der Waals surface area contributed by atoms with E-state index in [0.717, 1.165) is 43.7 Å². The highest BCUT2D eigenvalue weighted by Crippen LogP contribution is 2.44. The maximum atomic E-state index is 11.4. The molecule has 1 aromatic heterocycles. The van der Waals surface area contributed by atoms with E-state index >= 15 is 0 Å². The number of hydrogen-bond donors (Lipinski definition) is 1. The SMILES string of the molecule is COc1ccc(C2(O)CC3CCCC(C2)N3Cc2ccccc2)nc1. The highest BCUT2D eigenvalue weighted by atomic mass is 16.5. The molecule has 0 aliphatic carbocycles. The third kappa shape index (κ3) is 3.29. The summed E-state index contributed by atoms with van der Waals surface area (Å²) in [5.41, 5.74) is 1.31. The Morgan fingerprint density at radius 1 is 1.12 bits per heavy atom. The lowest BCUT2D eigenvalue weighted by molar-refractivity contribution is -0.102. The molecule has 4 nitrogen and oxygen atoms in total. The molecule has 4 rings (SSSR count). The maximum absolute atomic E-state index is 11.4. The summed E-state index contributed by atoms with van der Waals surface area (Å²) in [7, 11) is 1.64. The van der Waals surface area contributed by atoms with Crippen LogP contribution in [0.1, 0.15) is 43.4 Å². The summed E-state index contributed by atoms with van der Waals surface area (Å²) in [4.78, 5) is 7.10. The van der Waals surface area contributed by atoms with Gasteiger partial charge in [-0.05, 0) is 43.4 Å². The van der Waals surface area contributed by atoms with Crippen LogP contribution < -0.4 is 4.74 Å². The van der Waals surface area contributed by atoms with E-state index < -0.39 is 5.60 Å². The van der Waals surface area contributed by atoms with Crippen LogP contribution in [0.25, 0.3) is 0 Å². The van der Waals surface area contributed by atoms with Crippen LogP contribution in [0.4, 0.5) is 0 Å². The normalized spacial score (nSPS) is 29.4. The number of rotatable bonds is 4. The number of ether oxygens (including phenoxy) is 1. The van der Waals surface area contributed by atoms with Crippen molar-refractivity contribution in [3.8, 4) is 5.75 Å². The van der Waals surface area contributed by atoms with Gasteiger partial charge in [0.1, 0.15) is 11.4 Å². The standard InChI is InChI=1S/C21H26N2O2/c1-25-19-10-11-20(22-14-19)21(24)12-17-8-5-9-18(13-21)23(17)15-16-6-3-2-4-7-16/h2-4,6-7,10-11,14,17-18,24H,5,8-9,12-13,15H2,1H3. The van der Waals surface area contributed by atoms with Gasteiger partial charge >= 0.3 is 0 Å². The van der Waals surface area contributed by atoms with Crippen LogP contribution in [-0.4, -0.2) is 34.2 Å². The van der Waals surface area contributed by atoms with Crippen LogP contribution in [0.2, 0.25) is 0 Å². The largest absolute Gasteiger partial charge is 0.495 e. The third-order valence-corrected chi connectivity index (χ3v) is 5.82. The van der Waals surface area contributed by atoms with Crippen LogP contribution in [0.3, 0.4) is 0 Å². The van der Waals surface area contributed by atoms with Gasteiger partial charge in [-0.15, -0.1) is 0 Å². The first-order chi connectivity index (χ1) is 12.2. The lowest BCUT2D eigenvalue weighted by Gasteiger charge is -2.52. The Labute approximate surface area is 149 Å². The van der Waals surface area contributed by atoms with Crippen LogP contribution in [0, 0.1) is 0 Å². The number of nitrogens with zero attached hydrogens (tertiary/aromatic N) is 2. The number of hydrogen-bond acceptors (Lipinski definition) is 4. The molecule has 2 bridgehead atoms. The van der Waals surface area contributed by atoms with Gasteiger partial charge in [-0.1, -0.05) is 36.8 Å². The van der Waals surface area contributed by atoms with E-state index in [1.807, 2.05) is 12.1 Å². The average molecular weight is 338 g/mol. The van der Waals surface area contributed by atoms with E-state index in [2.05, 4.69) is 40.2 Å². The van der Waals surface area contributed by atoms with Gasteiger partial charge < -0.3 is 9.84 Å². The smallest absolute Gasteiger partial charge is 0.137 e. The summed E-state index contributed by atoms with van der Waals surface area (Å²) < 4.78 is 5.20. The molecule has 0 amide bonds. The highest BCUT2D eigenvalue weighted by Gasteiger charge is 2.46. The number of methoxy groups -OCH3 is 1. The molecule has 0 saturated carbocycles. The Morgan fingerprint density at radius 2 is 1.84 bits per heavy atom. The van der Waals surface area contributed by atoms with E-state index in [9.17, 15) is 5.11 Å². The first kappa shape index (κ1) is 16.6. The number of aromatic nitrogens is 1. The molecule has 3 heterocycles. The van der Waals surface area contributed by atoms with Crippen molar-refractivity contribution >= 4 is 0 Å². The van der Waals surface area contributed by atoms with E-state index in [1.165, 1.54) is 12.0 Å². The van der Waals surface area contributed by atoms with Crippen molar-refractivity contribution in [1.29, 1.82) is 0 Å². The molecule has 2 aliphatic heterocycles. The first-order valence-corrected chi connectivity index (χ1v) is 9.20. The molecule has 2 saturated heterocycles. The molecule has 0 radical (unpaired) electrons. The van der Waals surface area contributed by atoms with Crippen molar-refractivity contribution in [3.63, 3.8) is 0 Å². The fourth-order valence-electron chi connectivity index (χ4n) is 4.56. The summed E-state index contributed by atoms with van der Waals surface area (Å²) in [5, 5.41) is 11.4. The zero-order chi connectivity index (χ0) is 17.3. The van der Waals surface area contributed by atoms with Gasteiger partial charge in [0, 0.05) is 18.6 Å². The average Bonchev–Trinajstić information content (AvgIpc) is 2.64. The van der Waals surface area contributed by atoms with Crippen LogP contribution in [0.5, 0.6) is 5.75 Å². The minimum atomic E-state index is -0.824. The summed E-state index contributed by atoms with van der Waals surface area (Å²) in [6.07, 6.45) is 6.79. The zero-order valence-electron chi connectivity index (χ0n) is 14.8. The van der Waals surface area contributed by atoms with Crippen LogP contribution in [-0.2, 0) is 12.1 Å². The molecule has 2 aromatic rings. The van der Waals surface area contributed by atoms with E-state index in [1.54, 1.807) is 13.3 Å². The Balaban J connectivity index is 1.55. The van der Waals surface area contributed by atoms with Gasteiger partial charge in [0.25, 0.3) is 0 Å². The van der Waals surface area contributed by atoms with E-state index in [0.29, 0.717) is 12.1 Å².